The smallest absolute Gasteiger partial charge is 0.275 e. The molecule has 1 aromatic carbocycles. The van der Waals surface area contributed by atoms with E-state index in [-0.39, 0.29) is 5.91 Å². The van der Waals surface area contributed by atoms with Crippen molar-refractivity contribution < 1.29 is 9.21 Å². The Hall–Kier alpha value is -2.14. The highest BCUT2D eigenvalue weighted by Gasteiger charge is 2.25. The van der Waals surface area contributed by atoms with Crippen LogP contribution in [0.5, 0.6) is 0 Å². The lowest BCUT2D eigenvalue weighted by Gasteiger charge is -2.31. The van der Waals surface area contributed by atoms with Crippen molar-refractivity contribution in [2.24, 2.45) is 5.92 Å². The molecule has 1 fully saturated rings. The molecular weight excluding hydrogens is 290 g/mol. The number of hydrogen-bond acceptors (Lipinski definition) is 4. The van der Waals surface area contributed by atoms with Crippen LogP contribution in [0.3, 0.4) is 0 Å². The fourth-order valence-electron chi connectivity index (χ4n) is 3.09. The number of piperidine rings is 1. The SMILES string of the molecule is CNCc1nc(C(=O)N2CCC(Cc3ccccc3)CC2)co1. The van der Waals surface area contributed by atoms with Crippen LogP contribution in [0.25, 0.3) is 0 Å². The summed E-state index contributed by atoms with van der Waals surface area (Å²) in [6.07, 6.45) is 4.65. The third-order valence-corrected chi connectivity index (χ3v) is 4.37. The van der Waals surface area contributed by atoms with Gasteiger partial charge in [0.05, 0.1) is 6.54 Å². The number of amides is 1. The largest absolute Gasteiger partial charge is 0.447 e. The average molecular weight is 313 g/mol. The lowest BCUT2D eigenvalue weighted by atomic mass is 9.90. The second kappa shape index (κ2) is 7.42. The zero-order valence-electron chi connectivity index (χ0n) is 13.5. The van der Waals surface area contributed by atoms with Crippen LogP contribution in [0, 0.1) is 5.92 Å². The third-order valence-electron chi connectivity index (χ3n) is 4.37. The van der Waals surface area contributed by atoms with E-state index in [1.807, 2.05) is 18.0 Å². The van der Waals surface area contributed by atoms with Crippen molar-refractivity contribution in [3.8, 4) is 0 Å². The maximum atomic E-state index is 12.5. The van der Waals surface area contributed by atoms with E-state index >= 15 is 0 Å². The van der Waals surface area contributed by atoms with Gasteiger partial charge in [0.1, 0.15) is 6.26 Å². The number of aromatic nitrogens is 1. The molecule has 0 unspecified atom stereocenters. The van der Waals surface area contributed by atoms with Crippen molar-refractivity contribution >= 4 is 5.91 Å². The van der Waals surface area contributed by atoms with E-state index in [0.29, 0.717) is 24.0 Å². The summed E-state index contributed by atoms with van der Waals surface area (Å²) < 4.78 is 5.30. The van der Waals surface area contributed by atoms with Gasteiger partial charge in [-0.05, 0) is 37.8 Å². The second-order valence-electron chi connectivity index (χ2n) is 6.08. The number of hydrogen-bond donors (Lipinski definition) is 1. The van der Waals surface area contributed by atoms with Gasteiger partial charge in [0.15, 0.2) is 5.69 Å². The summed E-state index contributed by atoms with van der Waals surface area (Å²) in [5.74, 6) is 1.18. The van der Waals surface area contributed by atoms with E-state index < -0.39 is 0 Å². The molecule has 1 aromatic heterocycles. The van der Waals surface area contributed by atoms with Gasteiger partial charge in [-0.15, -0.1) is 0 Å². The van der Waals surface area contributed by atoms with Gasteiger partial charge < -0.3 is 14.6 Å². The molecule has 3 rings (SSSR count). The summed E-state index contributed by atoms with van der Waals surface area (Å²) in [6.45, 7) is 2.13. The summed E-state index contributed by atoms with van der Waals surface area (Å²) in [7, 11) is 1.82. The van der Waals surface area contributed by atoms with Gasteiger partial charge >= 0.3 is 0 Å². The quantitative estimate of drug-likeness (QED) is 0.921. The minimum absolute atomic E-state index is 0.0192. The molecular formula is C18H23N3O2. The third kappa shape index (κ3) is 3.99. The first-order valence-electron chi connectivity index (χ1n) is 8.18. The van der Waals surface area contributed by atoms with Crippen LogP contribution in [-0.4, -0.2) is 35.9 Å². The first-order chi connectivity index (χ1) is 11.3. The van der Waals surface area contributed by atoms with E-state index in [1.165, 1.54) is 11.8 Å². The number of benzene rings is 1. The minimum atomic E-state index is -0.0192. The van der Waals surface area contributed by atoms with Gasteiger partial charge in [-0.2, -0.15) is 0 Å². The average Bonchev–Trinajstić information content (AvgIpc) is 3.05. The monoisotopic (exact) mass is 313 g/mol. The summed E-state index contributed by atoms with van der Waals surface area (Å²) >= 11 is 0. The van der Waals surface area contributed by atoms with E-state index in [9.17, 15) is 4.79 Å². The standard InChI is InChI=1S/C18H23N3O2/c1-19-12-17-20-16(13-23-17)18(22)21-9-7-15(8-10-21)11-14-5-3-2-4-6-14/h2-6,13,15,19H,7-12H2,1H3. The number of carbonyl (C=O) groups excluding carboxylic acids is 1. The Bertz CT molecular complexity index is 631. The summed E-state index contributed by atoms with van der Waals surface area (Å²) in [5.41, 5.74) is 1.79. The van der Waals surface area contributed by atoms with Gasteiger partial charge in [0.25, 0.3) is 5.91 Å². The van der Waals surface area contributed by atoms with E-state index in [2.05, 4.69) is 34.6 Å². The molecule has 0 aliphatic carbocycles. The fraction of sp³-hybridized carbons (Fsp3) is 0.444. The van der Waals surface area contributed by atoms with Crippen LogP contribution >= 0.6 is 0 Å². The topological polar surface area (TPSA) is 58.4 Å². The highest BCUT2D eigenvalue weighted by molar-refractivity contribution is 5.92. The van der Waals surface area contributed by atoms with Crippen LogP contribution in [0.1, 0.15) is 34.8 Å². The predicted molar refractivity (Wildman–Crippen MR) is 88.0 cm³/mol. The molecule has 23 heavy (non-hydrogen) atoms. The summed E-state index contributed by atoms with van der Waals surface area (Å²) in [6, 6.07) is 10.6. The highest BCUT2D eigenvalue weighted by atomic mass is 16.3. The first-order valence-corrected chi connectivity index (χ1v) is 8.18. The van der Waals surface area contributed by atoms with E-state index in [1.54, 1.807) is 0 Å². The van der Waals surface area contributed by atoms with Crippen molar-refractivity contribution in [2.75, 3.05) is 20.1 Å². The lowest BCUT2D eigenvalue weighted by molar-refractivity contribution is 0.0684. The summed E-state index contributed by atoms with van der Waals surface area (Å²) in [4.78, 5) is 18.6. The molecule has 1 aliphatic heterocycles. The van der Waals surface area contributed by atoms with Gasteiger partial charge in [-0.3, -0.25) is 4.79 Å². The Kier molecular flexibility index (Phi) is 5.08. The molecule has 122 valence electrons. The van der Waals surface area contributed by atoms with Gasteiger partial charge in [0.2, 0.25) is 5.89 Å². The molecule has 0 spiro atoms. The zero-order valence-corrected chi connectivity index (χ0v) is 13.5. The van der Waals surface area contributed by atoms with Gasteiger partial charge in [-0.1, -0.05) is 30.3 Å². The second-order valence-corrected chi connectivity index (χ2v) is 6.08. The Balaban J connectivity index is 1.52. The number of nitrogens with zero attached hydrogens (tertiary/aromatic N) is 2. The van der Waals surface area contributed by atoms with Crippen LogP contribution in [0.4, 0.5) is 0 Å². The number of carbonyl (C=O) groups is 1. The molecule has 1 amide bonds. The Morgan fingerprint density at radius 2 is 2.04 bits per heavy atom. The number of rotatable bonds is 5. The van der Waals surface area contributed by atoms with Gasteiger partial charge in [-0.25, -0.2) is 4.98 Å². The van der Waals surface area contributed by atoms with Crippen molar-refractivity contribution in [3.63, 3.8) is 0 Å². The minimum Gasteiger partial charge on any atom is -0.447 e. The van der Waals surface area contributed by atoms with Crippen LogP contribution in [-0.2, 0) is 13.0 Å². The Labute approximate surface area is 136 Å². The number of nitrogens with one attached hydrogen (secondary N) is 1. The van der Waals surface area contributed by atoms with Crippen molar-refractivity contribution in [1.82, 2.24) is 15.2 Å². The molecule has 2 heterocycles. The van der Waals surface area contributed by atoms with Crippen molar-refractivity contribution in [2.45, 2.75) is 25.8 Å². The maximum absolute atomic E-state index is 12.5. The van der Waals surface area contributed by atoms with Crippen LogP contribution < -0.4 is 5.32 Å². The molecule has 0 radical (unpaired) electrons. The van der Waals surface area contributed by atoms with Crippen molar-refractivity contribution in [1.29, 1.82) is 0 Å². The maximum Gasteiger partial charge on any atom is 0.275 e. The van der Waals surface area contributed by atoms with E-state index in [4.69, 9.17) is 4.42 Å². The van der Waals surface area contributed by atoms with Crippen LogP contribution in [0.15, 0.2) is 41.0 Å². The molecule has 1 N–H and O–H groups in total. The molecule has 0 bridgehead atoms. The molecule has 5 nitrogen and oxygen atoms in total. The van der Waals surface area contributed by atoms with Gasteiger partial charge in [0, 0.05) is 13.1 Å². The van der Waals surface area contributed by atoms with Crippen LogP contribution in [0.2, 0.25) is 0 Å². The normalized spacial score (nSPS) is 15.8. The molecule has 2 aromatic rings. The molecule has 0 saturated carbocycles. The number of oxazole rings is 1. The molecule has 1 saturated heterocycles. The van der Waals surface area contributed by atoms with Crippen molar-refractivity contribution in [3.05, 3.63) is 53.7 Å². The fourth-order valence-corrected chi connectivity index (χ4v) is 3.09. The Morgan fingerprint density at radius 3 is 2.74 bits per heavy atom. The number of likely N-dealkylation sites (tertiary alicyclic amines) is 1. The molecule has 5 heteroatoms. The van der Waals surface area contributed by atoms with E-state index in [0.717, 1.165) is 32.4 Å². The molecule has 1 aliphatic rings. The Morgan fingerprint density at radius 1 is 1.30 bits per heavy atom. The molecule has 0 atom stereocenters. The predicted octanol–water partition coefficient (Wildman–Crippen LogP) is 2.49. The highest BCUT2D eigenvalue weighted by Crippen LogP contribution is 2.22. The zero-order chi connectivity index (χ0) is 16.1. The summed E-state index contributed by atoms with van der Waals surface area (Å²) in [5, 5.41) is 2.96. The lowest BCUT2D eigenvalue weighted by Crippen LogP contribution is -2.39. The first kappa shape index (κ1) is 15.7.